The highest BCUT2D eigenvalue weighted by atomic mass is 19.4. The SMILES string of the molecule is NC(=O)Cc1ccccc1CCc1nc(Nc2cnn(C3COC3)c2)ncc1C(F)(F)F. The minimum atomic E-state index is -4.59. The molecular formula is C21H21F3N6O2. The minimum absolute atomic E-state index is 0.0144. The Balaban J connectivity index is 1.54. The summed E-state index contributed by atoms with van der Waals surface area (Å²) >= 11 is 0. The number of anilines is 2. The van der Waals surface area contributed by atoms with Crippen molar-refractivity contribution in [3.8, 4) is 0 Å². The first kappa shape index (κ1) is 21.8. The Bertz CT molecular complexity index is 1110. The number of nitrogens with two attached hydrogens (primary N) is 1. The van der Waals surface area contributed by atoms with Crippen LogP contribution in [0.5, 0.6) is 0 Å². The van der Waals surface area contributed by atoms with Crippen LogP contribution in [0.4, 0.5) is 24.8 Å². The Hall–Kier alpha value is -3.47. The maximum absolute atomic E-state index is 13.5. The van der Waals surface area contributed by atoms with Gasteiger partial charge < -0.3 is 15.8 Å². The fourth-order valence-electron chi connectivity index (χ4n) is 3.43. The van der Waals surface area contributed by atoms with E-state index < -0.39 is 17.6 Å². The summed E-state index contributed by atoms with van der Waals surface area (Å²) in [5.41, 5.74) is 6.25. The molecule has 4 rings (SSSR count). The second-order valence-corrected chi connectivity index (χ2v) is 7.49. The standard InChI is InChI=1S/C21H21F3N6O2/c22-21(23,24)17-9-26-20(28-15-8-27-30(10-15)16-11-32-12-16)29-18(17)6-5-13-3-1-2-4-14(13)7-19(25)31/h1-4,8-10,16H,5-7,11-12H2,(H2,25,31)(H,26,28,29). The van der Waals surface area contributed by atoms with Crippen molar-refractivity contribution in [2.24, 2.45) is 5.73 Å². The van der Waals surface area contributed by atoms with Gasteiger partial charge in [0.05, 0.1) is 48.8 Å². The number of benzene rings is 1. The fraction of sp³-hybridized carbons (Fsp3) is 0.333. The molecule has 1 fully saturated rings. The number of carbonyl (C=O) groups is 1. The van der Waals surface area contributed by atoms with Gasteiger partial charge in [-0.15, -0.1) is 0 Å². The van der Waals surface area contributed by atoms with Gasteiger partial charge in [0.15, 0.2) is 0 Å². The second kappa shape index (κ2) is 8.95. The number of aryl methyl sites for hydroxylation is 2. The predicted octanol–water partition coefficient (Wildman–Crippen LogP) is 2.82. The van der Waals surface area contributed by atoms with Gasteiger partial charge in [0.1, 0.15) is 0 Å². The normalized spacial score (nSPS) is 14.2. The van der Waals surface area contributed by atoms with Crippen LogP contribution in [0.1, 0.15) is 28.4 Å². The zero-order chi connectivity index (χ0) is 22.7. The molecule has 0 bridgehead atoms. The highest BCUT2D eigenvalue weighted by Crippen LogP contribution is 2.32. The number of primary amides is 1. The van der Waals surface area contributed by atoms with Crippen LogP contribution < -0.4 is 11.1 Å². The average molecular weight is 446 g/mol. The van der Waals surface area contributed by atoms with Crippen LogP contribution in [0.2, 0.25) is 0 Å². The van der Waals surface area contributed by atoms with E-state index in [1.54, 1.807) is 41.3 Å². The molecule has 1 aromatic carbocycles. The zero-order valence-corrected chi connectivity index (χ0v) is 17.0. The van der Waals surface area contributed by atoms with E-state index in [0.717, 1.165) is 11.8 Å². The summed E-state index contributed by atoms with van der Waals surface area (Å²) < 4.78 is 47.5. The van der Waals surface area contributed by atoms with Gasteiger partial charge in [-0.3, -0.25) is 9.48 Å². The summed E-state index contributed by atoms with van der Waals surface area (Å²) in [7, 11) is 0. The number of hydrogen-bond donors (Lipinski definition) is 2. The fourth-order valence-corrected chi connectivity index (χ4v) is 3.43. The number of nitrogens with zero attached hydrogens (tertiary/aromatic N) is 4. The molecule has 3 aromatic rings. The summed E-state index contributed by atoms with van der Waals surface area (Å²) in [5, 5.41) is 7.13. The Morgan fingerprint density at radius 1 is 1.19 bits per heavy atom. The smallest absolute Gasteiger partial charge is 0.377 e. The Morgan fingerprint density at radius 2 is 1.94 bits per heavy atom. The molecule has 3 N–H and O–H groups in total. The topological polar surface area (TPSA) is 108 Å². The number of carbonyl (C=O) groups excluding carboxylic acids is 1. The number of hydrogen-bond acceptors (Lipinski definition) is 6. The van der Waals surface area contributed by atoms with Gasteiger partial charge in [0.2, 0.25) is 11.9 Å². The zero-order valence-electron chi connectivity index (χ0n) is 17.0. The van der Waals surface area contributed by atoms with Gasteiger partial charge in [-0.25, -0.2) is 9.97 Å². The molecule has 1 aliphatic heterocycles. The summed E-state index contributed by atoms with van der Waals surface area (Å²) in [6.07, 6.45) is -0.217. The molecule has 0 spiro atoms. The summed E-state index contributed by atoms with van der Waals surface area (Å²) in [5.74, 6) is -0.459. The first-order chi connectivity index (χ1) is 15.3. The quantitative estimate of drug-likeness (QED) is 0.551. The first-order valence-corrected chi connectivity index (χ1v) is 9.96. The van der Waals surface area contributed by atoms with E-state index >= 15 is 0 Å². The lowest BCUT2D eigenvalue weighted by Gasteiger charge is -2.25. The van der Waals surface area contributed by atoms with E-state index in [2.05, 4.69) is 20.4 Å². The van der Waals surface area contributed by atoms with E-state index in [4.69, 9.17) is 10.5 Å². The minimum Gasteiger partial charge on any atom is -0.377 e. The van der Waals surface area contributed by atoms with E-state index in [-0.39, 0.29) is 36.9 Å². The third-order valence-corrected chi connectivity index (χ3v) is 5.14. The monoisotopic (exact) mass is 446 g/mol. The molecule has 3 heterocycles. The van der Waals surface area contributed by atoms with Crippen LogP contribution in [-0.2, 0) is 35.0 Å². The lowest BCUT2D eigenvalue weighted by Crippen LogP contribution is -2.30. The molecule has 0 saturated carbocycles. The molecule has 0 unspecified atom stereocenters. The predicted molar refractivity (Wildman–Crippen MR) is 109 cm³/mol. The van der Waals surface area contributed by atoms with Gasteiger partial charge in [0.25, 0.3) is 0 Å². The van der Waals surface area contributed by atoms with Crippen molar-refractivity contribution in [3.63, 3.8) is 0 Å². The van der Waals surface area contributed by atoms with Crippen LogP contribution in [0.15, 0.2) is 42.9 Å². The van der Waals surface area contributed by atoms with Crippen LogP contribution >= 0.6 is 0 Å². The van der Waals surface area contributed by atoms with Crippen molar-refractivity contribution in [3.05, 3.63) is 65.2 Å². The molecule has 1 amide bonds. The van der Waals surface area contributed by atoms with Crippen molar-refractivity contribution in [1.29, 1.82) is 0 Å². The maximum Gasteiger partial charge on any atom is 0.419 e. The van der Waals surface area contributed by atoms with Crippen molar-refractivity contribution in [2.45, 2.75) is 31.5 Å². The van der Waals surface area contributed by atoms with Gasteiger partial charge in [-0.2, -0.15) is 18.3 Å². The lowest BCUT2D eigenvalue weighted by molar-refractivity contribution is -0.138. The second-order valence-electron chi connectivity index (χ2n) is 7.49. The molecule has 32 heavy (non-hydrogen) atoms. The van der Waals surface area contributed by atoms with E-state index in [9.17, 15) is 18.0 Å². The Labute approximate surface area is 181 Å². The van der Waals surface area contributed by atoms with Crippen LogP contribution in [0, 0.1) is 0 Å². The molecule has 1 aliphatic rings. The van der Waals surface area contributed by atoms with E-state index in [0.29, 0.717) is 24.5 Å². The van der Waals surface area contributed by atoms with Gasteiger partial charge in [0, 0.05) is 12.4 Å². The molecular weight excluding hydrogens is 425 g/mol. The molecule has 8 nitrogen and oxygen atoms in total. The average Bonchev–Trinajstić information content (AvgIpc) is 3.12. The third kappa shape index (κ3) is 5.05. The van der Waals surface area contributed by atoms with Gasteiger partial charge in [-0.1, -0.05) is 24.3 Å². The van der Waals surface area contributed by atoms with Crippen molar-refractivity contribution in [2.75, 3.05) is 18.5 Å². The summed E-state index contributed by atoms with van der Waals surface area (Å²) in [6.45, 7) is 1.14. The number of alkyl halides is 3. The molecule has 1 saturated heterocycles. The largest absolute Gasteiger partial charge is 0.419 e. The molecule has 0 radical (unpaired) electrons. The number of nitrogens with one attached hydrogen (secondary N) is 1. The molecule has 0 aliphatic carbocycles. The number of rotatable bonds is 8. The lowest BCUT2D eigenvalue weighted by atomic mass is 9.98. The van der Waals surface area contributed by atoms with E-state index in [1.165, 1.54) is 0 Å². The van der Waals surface area contributed by atoms with E-state index in [1.807, 2.05) is 0 Å². The van der Waals surface area contributed by atoms with Crippen molar-refractivity contribution < 1.29 is 22.7 Å². The molecule has 2 aromatic heterocycles. The third-order valence-electron chi connectivity index (χ3n) is 5.14. The Kier molecular flexibility index (Phi) is 6.08. The highest BCUT2D eigenvalue weighted by molar-refractivity contribution is 5.77. The Morgan fingerprint density at radius 3 is 2.59 bits per heavy atom. The number of aromatic nitrogens is 4. The van der Waals surface area contributed by atoms with Crippen LogP contribution in [0.25, 0.3) is 0 Å². The van der Waals surface area contributed by atoms with Crippen molar-refractivity contribution in [1.82, 2.24) is 19.7 Å². The first-order valence-electron chi connectivity index (χ1n) is 9.96. The van der Waals surface area contributed by atoms with Gasteiger partial charge in [-0.05, 0) is 24.0 Å². The van der Waals surface area contributed by atoms with Crippen LogP contribution in [0.3, 0.4) is 0 Å². The summed E-state index contributed by atoms with van der Waals surface area (Å²) in [4.78, 5) is 19.3. The van der Waals surface area contributed by atoms with Crippen LogP contribution in [-0.4, -0.2) is 38.9 Å². The maximum atomic E-state index is 13.5. The molecule has 0 atom stereocenters. The number of halogens is 3. The summed E-state index contributed by atoms with van der Waals surface area (Å²) in [6, 6.07) is 7.18. The number of amides is 1. The van der Waals surface area contributed by atoms with Gasteiger partial charge >= 0.3 is 6.18 Å². The van der Waals surface area contributed by atoms with Crippen molar-refractivity contribution >= 4 is 17.5 Å². The number of ether oxygens (including phenoxy) is 1. The molecule has 11 heteroatoms. The molecule has 168 valence electrons. The highest BCUT2D eigenvalue weighted by Gasteiger charge is 2.35.